The molecule has 1 saturated heterocycles. The van der Waals surface area contributed by atoms with Crippen molar-refractivity contribution in [3.8, 4) is 5.75 Å². The molecular weight excluding hydrogens is 564 g/mol. The molecule has 3 atom stereocenters. The number of carbonyl (C=O) groups is 3. The molecular formula is C37H34N4O4. The van der Waals surface area contributed by atoms with Crippen LogP contribution in [0.1, 0.15) is 52.1 Å². The number of urea groups is 1. The van der Waals surface area contributed by atoms with E-state index < -0.39 is 12.1 Å². The van der Waals surface area contributed by atoms with Gasteiger partial charge in [-0.15, -0.1) is 0 Å². The molecule has 45 heavy (non-hydrogen) atoms. The zero-order valence-electron chi connectivity index (χ0n) is 25.2. The van der Waals surface area contributed by atoms with Crippen molar-refractivity contribution < 1.29 is 19.1 Å². The molecule has 0 saturated carbocycles. The predicted molar refractivity (Wildman–Crippen MR) is 173 cm³/mol. The van der Waals surface area contributed by atoms with Gasteiger partial charge in [-0.25, -0.2) is 9.69 Å². The first kappa shape index (κ1) is 28.4. The molecule has 2 aliphatic rings. The first-order valence-corrected chi connectivity index (χ1v) is 15.3. The zero-order chi connectivity index (χ0) is 31.1. The number of fused-ring (bicyclic) bond motifs is 4. The first-order chi connectivity index (χ1) is 21.9. The molecule has 1 fully saturated rings. The van der Waals surface area contributed by atoms with Crippen LogP contribution in [0.4, 0.5) is 10.5 Å². The lowest BCUT2D eigenvalue weighted by Crippen LogP contribution is -2.44. The number of ether oxygens (including phenoxy) is 1. The molecule has 4 aromatic carbocycles. The van der Waals surface area contributed by atoms with Gasteiger partial charge in [-0.2, -0.15) is 0 Å². The second-order valence-electron chi connectivity index (χ2n) is 11.8. The number of hydrogen-bond acceptors (Lipinski definition) is 4. The topological polar surface area (TPSA) is 94.7 Å². The zero-order valence-corrected chi connectivity index (χ0v) is 25.2. The van der Waals surface area contributed by atoms with Crippen molar-refractivity contribution in [3.63, 3.8) is 0 Å². The van der Waals surface area contributed by atoms with Crippen LogP contribution >= 0.6 is 0 Å². The molecule has 0 bridgehead atoms. The maximum atomic E-state index is 14.1. The summed E-state index contributed by atoms with van der Waals surface area (Å²) in [5.41, 5.74) is 5.95. The third-order valence-corrected chi connectivity index (χ3v) is 8.95. The quantitative estimate of drug-likeness (QED) is 0.202. The molecule has 0 spiro atoms. The van der Waals surface area contributed by atoms with Crippen LogP contribution in [-0.4, -0.2) is 46.9 Å². The minimum atomic E-state index is -0.662. The lowest BCUT2D eigenvalue weighted by molar-refractivity contribution is -0.120. The minimum absolute atomic E-state index is 0.0156. The maximum Gasteiger partial charge on any atom is 0.332 e. The van der Waals surface area contributed by atoms with E-state index in [1.54, 1.807) is 36.3 Å². The molecule has 3 heterocycles. The van der Waals surface area contributed by atoms with Crippen molar-refractivity contribution in [2.24, 2.45) is 0 Å². The number of anilines is 1. The Morgan fingerprint density at radius 1 is 0.933 bits per heavy atom. The van der Waals surface area contributed by atoms with Crippen molar-refractivity contribution >= 4 is 34.4 Å². The van der Waals surface area contributed by atoms with E-state index in [1.165, 1.54) is 10.5 Å². The number of aromatic amines is 1. The number of nitrogens with zero attached hydrogens (tertiary/aromatic N) is 2. The van der Waals surface area contributed by atoms with Crippen molar-refractivity contribution in [1.29, 1.82) is 0 Å². The highest BCUT2D eigenvalue weighted by atomic mass is 16.5. The van der Waals surface area contributed by atoms with E-state index in [0.29, 0.717) is 23.4 Å². The molecule has 4 amide bonds. The van der Waals surface area contributed by atoms with Gasteiger partial charge < -0.3 is 15.0 Å². The highest BCUT2D eigenvalue weighted by Gasteiger charge is 2.53. The Bertz CT molecular complexity index is 1880. The van der Waals surface area contributed by atoms with Gasteiger partial charge in [0.25, 0.3) is 11.8 Å². The summed E-state index contributed by atoms with van der Waals surface area (Å²) in [4.78, 5) is 47.6. The molecule has 226 valence electrons. The van der Waals surface area contributed by atoms with Crippen LogP contribution in [-0.2, 0) is 17.6 Å². The van der Waals surface area contributed by atoms with Crippen molar-refractivity contribution in [1.82, 2.24) is 15.2 Å². The molecule has 8 nitrogen and oxygen atoms in total. The smallest absolute Gasteiger partial charge is 0.332 e. The Kier molecular flexibility index (Phi) is 7.33. The Hall–Kier alpha value is -5.37. The van der Waals surface area contributed by atoms with Gasteiger partial charge in [-0.05, 0) is 78.9 Å². The van der Waals surface area contributed by atoms with Gasteiger partial charge >= 0.3 is 6.03 Å². The van der Waals surface area contributed by atoms with Gasteiger partial charge in [0.1, 0.15) is 17.8 Å². The summed E-state index contributed by atoms with van der Waals surface area (Å²) in [6.07, 6.45) is 2.10. The van der Waals surface area contributed by atoms with Gasteiger partial charge in [-0.3, -0.25) is 14.5 Å². The fourth-order valence-electron chi connectivity index (χ4n) is 6.61. The average Bonchev–Trinajstić information content (AvgIpc) is 3.57. The van der Waals surface area contributed by atoms with E-state index in [-0.39, 0.29) is 23.9 Å². The number of imide groups is 1. The molecule has 8 heteroatoms. The normalized spacial score (nSPS) is 18.1. The largest absolute Gasteiger partial charge is 0.497 e. The minimum Gasteiger partial charge on any atom is -0.497 e. The lowest BCUT2D eigenvalue weighted by atomic mass is 9.89. The van der Waals surface area contributed by atoms with E-state index in [4.69, 9.17) is 4.74 Å². The van der Waals surface area contributed by atoms with E-state index in [9.17, 15) is 14.4 Å². The fourth-order valence-corrected chi connectivity index (χ4v) is 6.61. The summed E-state index contributed by atoms with van der Waals surface area (Å²) < 4.78 is 5.37. The summed E-state index contributed by atoms with van der Waals surface area (Å²) in [6.45, 7) is 1.99. The predicted octanol–water partition coefficient (Wildman–Crippen LogP) is 6.41. The van der Waals surface area contributed by atoms with E-state index in [0.717, 1.165) is 40.6 Å². The maximum absolute atomic E-state index is 14.1. The molecule has 1 aromatic heterocycles. The van der Waals surface area contributed by atoms with Crippen LogP contribution in [0.25, 0.3) is 10.9 Å². The van der Waals surface area contributed by atoms with Crippen LogP contribution in [0.15, 0.2) is 103 Å². The molecule has 2 aliphatic heterocycles. The highest BCUT2D eigenvalue weighted by molar-refractivity contribution is 6.22. The molecule has 2 N–H and O–H groups in total. The third kappa shape index (κ3) is 5.12. The number of H-pyrrole nitrogens is 1. The van der Waals surface area contributed by atoms with Gasteiger partial charge in [0.2, 0.25) is 0 Å². The van der Waals surface area contributed by atoms with Crippen LogP contribution in [0, 0.1) is 0 Å². The summed E-state index contributed by atoms with van der Waals surface area (Å²) >= 11 is 0. The first-order valence-electron chi connectivity index (χ1n) is 15.3. The van der Waals surface area contributed by atoms with Gasteiger partial charge in [0.05, 0.1) is 12.8 Å². The Morgan fingerprint density at radius 2 is 1.64 bits per heavy atom. The Balaban J connectivity index is 1.14. The number of aryl methyl sites for hydroxylation is 1. The number of amides is 4. The summed E-state index contributed by atoms with van der Waals surface area (Å²) in [6, 6.07) is 31.0. The Labute approximate surface area is 261 Å². The number of rotatable bonds is 8. The highest BCUT2D eigenvalue weighted by Crippen LogP contribution is 2.45. The van der Waals surface area contributed by atoms with Gasteiger partial charge in [-0.1, -0.05) is 60.7 Å². The summed E-state index contributed by atoms with van der Waals surface area (Å²) in [7, 11) is 1.61. The summed E-state index contributed by atoms with van der Waals surface area (Å²) in [5.74, 6) is 0.243. The summed E-state index contributed by atoms with van der Waals surface area (Å²) in [5, 5.41) is 4.11. The van der Waals surface area contributed by atoms with Gasteiger partial charge in [0.15, 0.2) is 0 Å². The van der Waals surface area contributed by atoms with Crippen molar-refractivity contribution in [3.05, 3.63) is 131 Å². The number of benzene rings is 4. The fraction of sp³-hybridized carbons (Fsp3) is 0.216. The molecule has 5 aromatic rings. The molecule has 7 rings (SSSR count). The number of carbonyl (C=O) groups excluding carboxylic acids is 3. The average molecular weight is 599 g/mol. The van der Waals surface area contributed by atoms with Crippen molar-refractivity contribution in [2.75, 3.05) is 12.0 Å². The van der Waals surface area contributed by atoms with E-state index in [1.807, 2.05) is 67.6 Å². The monoisotopic (exact) mass is 598 g/mol. The van der Waals surface area contributed by atoms with Crippen LogP contribution in [0.2, 0.25) is 0 Å². The third-order valence-electron chi connectivity index (χ3n) is 8.95. The van der Waals surface area contributed by atoms with Crippen LogP contribution in [0.5, 0.6) is 5.75 Å². The Morgan fingerprint density at radius 3 is 2.38 bits per heavy atom. The van der Waals surface area contributed by atoms with Crippen LogP contribution in [0.3, 0.4) is 0 Å². The number of nitrogens with one attached hydrogen (secondary N) is 2. The van der Waals surface area contributed by atoms with Gasteiger partial charge in [0, 0.05) is 34.6 Å². The molecule has 0 radical (unpaired) electrons. The number of para-hydroxylation sites is 1. The van der Waals surface area contributed by atoms with Crippen molar-refractivity contribution in [2.45, 2.75) is 44.3 Å². The standard InChI is InChI=1S/C37H34N4O4/c1-23(12-13-24-8-4-3-5-9-24)38-35(42)26-14-18-27(19-15-26)40-36(43)32-22-30-29-10-6-7-11-31(29)39-33(30)34(41(32)37(40)44)25-16-20-28(45-2)21-17-25/h3-11,14-21,23,32,34,39H,12-13,22H2,1-2H3,(H,38,42)/t23-,32+,34-/m1/s1. The number of hydrogen-bond donors (Lipinski definition) is 2. The number of methoxy groups -OCH3 is 1. The second-order valence-corrected chi connectivity index (χ2v) is 11.8. The second kappa shape index (κ2) is 11.6. The van der Waals surface area contributed by atoms with E-state index >= 15 is 0 Å². The molecule has 0 aliphatic carbocycles. The van der Waals surface area contributed by atoms with Crippen LogP contribution < -0.4 is 15.0 Å². The number of aromatic nitrogens is 1. The SMILES string of the molecule is COc1ccc([C@@H]2c3[nH]c4ccccc4c3C[C@H]3C(=O)N(c4ccc(C(=O)N[C@H](C)CCc5ccccc5)cc4)C(=O)N23)cc1. The lowest BCUT2D eigenvalue weighted by Gasteiger charge is -2.36. The molecule has 0 unspecified atom stereocenters. The van der Waals surface area contributed by atoms with E-state index in [2.05, 4.69) is 28.5 Å².